The number of hydrogen-bond acceptors (Lipinski definition) is 5. The number of nitrogens with two attached hydrogens (primary N) is 1. The smallest absolute Gasteiger partial charge is 0.144 e. The molecule has 0 saturated carbocycles. The van der Waals surface area contributed by atoms with Crippen LogP contribution >= 0.6 is 12.2 Å². The lowest BCUT2D eigenvalue weighted by atomic mass is 9.94. The van der Waals surface area contributed by atoms with E-state index < -0.39 is 0 Å². The minimum atomic E-state index is 0.283. The molecule has 1 fully saturated rings. The van der Waals surface area contributed by atoms with E-state index in [2.05, 4.69) is 27.2 Å². The van der Waals surface area contributed by atoms with Crippen LogP contribution in [0.15, 0.2) is 12.4 Å². The monoisotopic (exact) mass is 279 g/mol. The average Bonchev–Trinajstić information content (AvgIpc) is 2.41. The fourth-order valence-corrected chi connectivity index (χ4v) is 2.41. The highest BCUT2D eigenvalue weighted by Crippen LogP contribution is 2.19. The predicted molar refractivity (Wildman–Crippen MR) is 81.2 cm³/mol. The van der Waals surface area contributed by atoms with Crippen molar-refractivity contribution in [3.05, 3.63) is 18.1 Å². The molecule has 2 heterocycles. The molecule has 1 aromatic rings. The van der Waals surface area contributed by atoms with Crippen LogP contribution in [0.1, 0.15) is 25.0 Å². The molecule has 0 atom stereocenters. The predicted octanol–water partition coefficient (Wildman–Crippen LogP) is 1.25. The maximum absolute atomic E-state index is 5.48. The highest BCUT2D eigenvalue weighted by molar-refractivity contribution is 7.80. The number of piperidine rings is 1. The molecule has 104 valence electrons. The third-order valence-corrected chi connectivity index (χ3v) is 3.81. The molecule has 5 nitrogen and oxygen atoms in total. The molecular weight excluding hydrogens is 258 g/mol. The minimum absolute atomic E-state index is 0.283. The van der Waals surface area contributed by atoms with Crippen molar-refractivity contribution in [3.8, 4) is 0 Å². The molecule has 0 spiro atoms. The second-order valence-electron chi connectivity index (χ2n) is 5.11. The van der Waals surface area contributed by atoms with Gasteiger partial charge in [0.2, 0.25) is 0 Å². The van der Waals surface area contributed by atoms with E-state index in [4.69, 9.17) is 18.0 Å². The van der Waals surface area contributed by atoms with Gasteiger partial charge in [-0.05, 0) is 45.3 Å². The van der Waals surface area contributed by atoms with Gasteiger partial charge < -0.3 is 16.0 Å². The first-order valence-corrected chi connectivity index (χ1v) is 7.10. The summed E-state index contributed by atoms with van der Waals surface area (Å²) in [5.41, 5.74) is 6.04. The van der Waals surface area contributed by atoms with Gasteiger partial charge in [0.15, 0.2) is 0 Å². The Balaban J connectivity index is 1.72. The van der Waals surface area contributed by atoms with Crippen LogP contribution in [0.25, 0.3) is 0 Å². The molecule has 1 aliphatic heterocycles. The molecular formula is C13H21N5S. The van der Waals surface area contributed by atoms with E-state index in [1.165, 1.54) is 32.4 Å². The number of hydrogen-bond donors (Lipinski definition) is 2. The number of thiocarbonyl (C=S) groups is 1. The third-order valence-electron chi connectivity index (χ3n) is 3.60. The van der Waals surface area contributed by atoms with E-state index in [0.29, 0.717) is 5.69 Å². The Morgan fingerprint density at radius 3 is 2.74 bits per heavy atom. The standard InChI is InChI=1S/C13H21N5S/c1-18-6-3-10(4-7-18)2-5-15-12-9-16-11(8-17-12)13(14)19/h8-10H,2-7H2,1H3,(H2,14,19)(H,15,17). The largest absolute Gasteiger partial charge is 0.388 e. The first-order valence-electron chi connectivity index (χ1n) is 6.69. The zero-order valence-electron chi connectivity index (χ0n) is 11.3. The number of anilines is 1. The zero-order valence-corrected chi connectivity index (χ0v) is 12.1. The molecule has 0 bridgehead atoms. The van der Waals surface area contributed by atoms with E-state index in [9.17, 15) is 0 Å². The summed E-state index contributed by atoms with van der Waals surface area (Å²) in [7, 11) is 2.19. The second kappa shape index (κ2) is 6.77. The van der Waals surface area contributed by atoms with Crippen LogP contribution in [0.4, 0.5) is 5.82 Å². The lowest BCUT2D eigenvalue weighted by Gasteiger charge is -2.28. The lowest BCUT2D eigenvalue weighted by molar-refractivity contribution is 0.215. The number of rotatable bonds is 5. The number of aromatic nitrogens is 2. The van der Waals surface area contributed by atoms with Gasteiger partial charge in [0.05, 0.1) is 12.4 Å². The van der Waals surface area contributed by atoms with E-state index in [1.54, 1.807) is 12.4 Å². The molecule has 0 aliphatic carbocycles. The molecule has 0 radical (unpaired) electrons. The molecule has 0 amide bonds. The Bertz CT molecular complexity index is 412. The van der Waals surface area contributed by atoms with Gasteiger partial charge in [-0.25, -0.2) is 9.97 Å². The van der Waals surface area contributed by atoms with Crippen LogP contribution in [-0.4, -0.2) is 46.5 Å². The molecule has 3 N–H and O–H groups in total. The van der Waals surface area contributed by atoms with Crippen LogP contribution < -0.4 is 11.1 Å². The maximum atomic E-state index is 5.48. The van der Waals surface area contributed by atoms with Crippen LogP contribution in [0.3, 0.4) is 0 Å². The summed E-state index contributed by atoms with van der Waals surface area (Å²) in [6, 6.07) is 0. The van der Waals surface area contributed by atoms with Crippen molar-refractivity contribution in [2.45, 2.75) is 19.3 Å². The maximum Gasteiger partial charge on any atom is 0.144 e. The topological polar surface area (TPSA) is 67.1 Å². The molecule has 19 heavy (non-hydrogen) atoms. The molecule has 1 saturated heterocycles. The molecule has 0 unspecified atom stereocenters. The van der Waals surface area contributed by atoms with Crippen LogP contribution in [-0.2, 0) is 0 Å². The van der Waals surface area contributed by atoms with Crippen molar-refractivity contribution in [2.24, 2.45) is 11.7 Å². The molecule has 1 aliphatic rings. The van der Waals surface area contributed by atoms with Crippen LogP contribution in [0.2, 0.25) is 0 Å². The van der Waals surface area contributed by atoms with Gasteiger partial charge in [-0.2, -0.15) is 0 Å². The second-order valence-corrected chi connectivity index (χ2v) is 5.55. The Kier molecular flexibility index (Phi) is 5.04. The minimum Gasteiger partial charge on any atom is -0.388 e. The average molecular weight is 279 g/mol. The first kappa shape index (κ1) is 14.1. The first-order chi connectivity index (χ1) is 9.15. The van der Waals surface area contributed by atoms with Crippen molar-refractivity contribution in [1.29, 1.82) is 0 Å². The molecule has 6 heteroatoms. The summed E-state index contributed by atoms with van der Waals surface area (Å²) >= 11 is 4.84. The van der Waals surface area contributed by atoms with Crippen molar-refractivity contribution >= 4 is 23.0 Å². The molecule has 0 aromatic carbocycles. The lowest BCUT2D eigenvalue weighted by Crippen LogP contribution is -2.30. The Labute approximate surface area is 119 Å². The van der Waals surface area contributed by atoms with Gasteiger partial charge in [-0.1, -0.05) is 12.2 Å². The summed E-state index contributed by atoms with van der Waals surface area (Å²) in [6.07, 6.45) is 7.07. The third kappa shape index (κ3) is 4.40. The van der Waals surface area contributed by atoms with E-state index in [-0.39, 0.29) is 4.99 Å². The summed E-state index contributed by atoms with van der Waals surface area (Å²) in [4.78, 5) is 11.1. The van der Waals surface area contributed by atoms with Gasteiger partial charge >= 0.3 is 0 Å². The van der Waals surface area contributed by atoms with Crippen molar-refractivity contribution < 1.29 is 0 Å². The fraction of sp³-hybridized carbons (Fsp3) is 0.615. The summed E-state index contributed by atoms with van der Waals surface area (Å²) < 4.78 is 0. The molecule has 2 rings (SSSR count). The van der Waals surface area contributed by atoms with Crippen LogP contribution in [0, 0.1) is 5.92 Å². The van der Waals surface area contributed by atoms with E-state index >= 15 is 0 Å². The Morgan fingerprint density at radius 1 is 1.42 bits per heavy atom. The highest BCUT2D eigenvalue weighted by Gasteiger charge is 2.15. The fourth-order valence-electron chi connectivity index (χ4n) is 2.30. The van der Waals surface area contributed by atoms with Gasteiger partial charge in [-0.15, -0.1) is 0 Å². The van der Waals surface area contributed by atoms with Crippen molar-refractivity contribution in [1.82, 2.24) is 14.9 Å². The number of nitrogens with one attached hydrogen (secondary N) is 1. The van der Waals surface area contributed by atoms with Gasteiger partial charge in [0.25, 0.3) is 0 Å². The quantitative estimate of drug-likeness (QED) is 0.791. The van der Waals surface area contributed by atoms with Crippen molar-refractivity contribution in [2.75, 3.05) is 32.0 Å². The number of likely N-dealkylation sites (tertiary alicyclic amines) is 1. The Hall–Kier alpha value is -1.27. The van der Waals surface area contributed by atoms with E-state index in [1.807, 2.05) is 0 Å². The SMILES string of the molecule is CN1CCC(CCNc2cnc(C(N)=S)cn2)CC1. The summed E-state index contributed by atoms with van der Waals surface area (Å²) in [5, 5.41) is 3.30. The normalized spacial score (nSPS) is 17.3. The summed E-state index contributed by atoms with van der Waals surface area (Å²) in [6.45, 7) is 3.37. The van der Waals surface area contributed by atoms with Gasteiger partial charge in [-0.3, -0.25) is 0 Å². The molecule has 1 aromatic heterocycles. The van der Waals surface area contributed by atoms with Gasteiger partial charge in [0.1, 0.15) is 16.5 Å². The zero-order chi connectivity index (χ0) is 13.7. The Morgan fingerprint density at radius 2 is 2.16 bits per heavy atom. The van der Waals surface area contributed by atoms with E-state index in [0.717, 1.165) is 18.3 Å². The number of nitrogens with zero attached hydrogens (tertiary/aromatic N) is 3. The highest BCUT2D eigenvalue weighted by atomic mass is 32.1. The van der Waals surface area contributed by atoms with Gasteiger partial charge in [0, 0.05) is 6.54 Å². The van der Waals surface area contributed by atoms with Crippen molar-refractivity contribution in [3.63, 3.8) is 0 Å². The summed E-state index contributed by atoms with van der Waals surface area (Å²) in [5.74, 6) is 1.61. The van der Waals surface area contributed by atoms with Crippen LogP contribution in [0.5, 0.6) is 0 Å².